The van der Waals surface area contributed by atoms with Crippen LogP contribution in [0.5, 0.6) is 0 Å². The van der Waals surface area contributed by atoms with Crippen molar-refractivity contribution in [2.45, 2.75) is 38.8 Å². The topological polar surface area (TPSA) is 30.5 Å². The molecule has 0 saturated carbocycles. The van der Waals surface area contributed by atoms with Gasteiger partial charge in [-0.1, -0.05) is 45.0 Å². The zero-order chi connectivity index (χ0) is 13.7. The van der Waals surface area contributed by atoms with Crippen molar-refractivity contribution in [1.29, 1.82) is 0 Å². The lowest BCUT2D eigenvalue weighted by Crippen LogP contribution is -2.37. The zero-order valence-corrected chi connectivity index (χ0v) is 12.2. The Labute approximate surface area is 116 Å². The SMILES string of the molecule is CC(C)(C)c1ccc(CNCC2COCCO2)cc1. The van der Waals surface area contributed by atoms with Crippen LogP contribution in [0.2, 0.25) is 0 Å². The molecule has 19 heavy (non-hydrogen) atoms. The van der Waals surface area contributed by atoms with Gasteiger partial charge in [0.05, 0.1) is 25.9 Å². The molecule has 1 aromatic carbocycles. The molecular formula is C16H25NO2. The minimum Gasteiger partial charge on any atom is -0.376 e. The number of rotatable bonds is 4. The van der Waals surface area contributed by atoms with Gasteiger partial charge in [0, 0.05) is 13.1 Å². The largest absolute Gasteiger partial charge is 0.376 e. The molecule has 3 heteroatoms. The molecule has 106 valence electrons. The molecule has 1 saturated heterocycles. The number of hydrogen-bond acceptors (Lipinski definition) is 3. The minimum atomic E-state index is 0.197. The second-order valence-corrected chi connectivity index (χ2v) is 6.15. The first-order chi connectivity index (χ1) is 9.05. The lowest BCUT2D eigenvalue weighted by Gasteiger charge is -2.23. The van der Waals surface area contributed by atoms with Gasteiger partial charge in [0.25, 0.3) is 0 Å². The van der Waals surface area contributed by atoms with E-state index < -0.39 is 0 Å². The summed E-state index contributed by atoms with van der Waals surface area (Å²) < 4.78 is 11.0. The maximum Gasteiger partial charge on any atom is 0.0933 e. The van der Waals surface area contributed by atoms with Crippen LogP contribution in [-0.2, 0) is 21.4 Å². The van der Waals surface area contributed by atoms with Gasteiger partial charge in [-0.25, -0.2) is 0 Å². The highest BCUT2D eigenvalue weighted by Crippen LogP contribution is 2.22. The monoisotopic (exact) mass is 263 g/mol. The average Bonchev–Trinajstić information content (AvgIpc) is 2.39. The third kappa shape index (κ3) is 4.60. The van der Waals surface area contributed by atoms with Gasteiger partial charge in [-0.3, -0.25) is 0 Å². The number of nitrogens with one attached hydrogen (secondary N) is 1. The van der Waals surface area contributed by atoms with Crippen molar-refractivity contribution in [2.24, 2.45) is 0 Å². The maximum atomic E-state index is 5.59. The summed E-state index contributed by atoms with van der Waals surface area (Å²) in [5.41, 5.74) is 2.91. The molecule has 2 rings (SSSR count). The van der Waals surface area contributed by atoms with E-state index in [0.29, 0.717) is 13.2 Å². The molecule has 0 radical (unpaired) electrons. The summed E-state index contributed by atoms with van der Waals surface area (Å²) in [6.07, 6.45) is 0.197. The van der Waals surface area contributed by atoms with Gasteiger partial charge in [-0.05, 0) is 16.5 Å². The predicted octanol–water partition coefficient (Wildman–Crippen LogP) is 2.49. The summed E-state index contributed by atoms with van der Waals surface area (Å²) in [5.74, 6) is 0. The molecule has 1 heterocycles. The van der Waals surface area contributed by atoms with Crippen LogP contribution in [0.1, 0.15) is 31.9 Å². The molecule has 0 amide bonds. The molecule has 1 atom stereocenters. The second-order valence-electron chi connectivity index (χ2n) is 6.15. The van der Waals surface area contributed by atoms with Gasteiger partial charge in [-0.2, -0.15) is 0 Å². The average molecular weight is 263 g/mol. The third-order valence-corrected chi connectivity index (χ3v) is 3.41. The van der Waals surface area contributed by atoms with E-state index in [1.54, 1.807) is 0 Å². The Balaban J connectivity index is 1.76. The molecular weight excluding hydrogens is 238 g/mol. The normalized spacial score (nSPS) is 20.5. The highest BCUT2D eigenvalue weighted by molar-refractivity contribution is 5.27. The van der Waals surface area contributed by atoms with Gasteiger partial charge in [0.15, 0.2) is 0 Å². The zero-order valence-electron chi connectivity index (χ0n) is 12.2. The standard InChI is InChI=1S/C16H25NO2/c1-16(2,3)14-6-4-13(5-7-14)10-17-11-15-12-18-8-9-19-15/h4-7,15,17H,8-12H2,1-3H3. The minimum absolute atomic E-state index is 0.197. The number of ether oxygens (including phenoxy) is 2. The summed E-state index contributed by atoms with van der Waals surface area (Å²) in [6, 6.07) is 8.84. The summed E-state index contributed by atoms with van der Waals surface area (Å²) in [7, 11) is 0. The van der Waals surface area contributed by atoms with Crippen LogP contribution >= 0.6 is 0 Å². The number of benzene rings is 1. The molecule has 3 nitrogen and oxygen atoms in total. The first-order valence-electron chi connectivity index (χ1n) is 7.05. The molecule has 0 spiro atoms. The fourth-order valence-corrected chi connectivity index (χ4v) is 2.15. The highest BCUT2D eigenvalue weighted by atomic mass is 16.6. The fourth-order valence-electron chi connectivity index (χ4n) is 2.15. The van der Waals surface area contributed by atoms with E-state index in [1.165, 1.54) is 11.1 Å². The van der Waals surface area contributed by atoms with Gasteiger partial charge < -0.3 is 14.8 Å². The van der Waals surface area contributed by atoms with Crippen LogP contribution in [-0.4, -0.2) is 32.5 Å². The van der Waals surface area contributed by atoms with Crippen LogP contribution in [0, 0.1) is 0 Å². The summed E-state index contributed by atoms with van der Waals surface area (Å²) >= 11 is 0. The Hall–Kier alpha value is -0.900. The second kappa shape index (κ2) is 6.51. The van der Waals surface area contributed by atoms with Crippen LogP contribution in [0.25, 0.3) is 0 Å². The lowest BCUT2D eigenvalue weighted by atomic mass is 9.87. The van der Waals surface area contributed by atoms with Crippen molar-refractivity contribution in [3.05, 3.63) is 35.4 Å². The third-order valence-electron chi connectivity index (χ3n) is 3.41. The molecule has 1 unspecified atom stereocenters. The summed E-state index contributed by atoms with van der Waals surface area (Å²) in [6.45, 7) is 10.6. The van der Waals surface area contributed by atoms with Gasteiger partial charge in [0.1, 0.15) is 0 Å². The van der Waals surface area contributed by atoms with E-state index in [2.05, 4.69) is 50.4 Å². The van der Waals surface area contributed by atoms with Crippen LogP contribution in [0.3, 0.4) is 0 Å². The summed E-state index contributed by atoms with van der Waals surface area (Å²) in [5, 5.41) is 3.42. The molecule has 0 bridgehead atoms. The van der Waals surface area contributed by atoms with Crippen molar-refractivity contribution < 1.29 is 9.47 Å². The Morgan fingerprint density at radius 1 is 1.16 bits per heavy atom. The van der Waals surface area contributed by atoms with Crippen molar-refractivity contribution in [2.75, 3.05) is 26.4 Å². The van der Waals surface area contributed by atoms with E-state index in [0.717, 1.165) is 19.7 Å². The van der Waals surface area contributed by atoms with Gasteiger partial charge in [0.2, 0.25) is 0 Å². The van der Waals surface area contributed by atoms with E-state index in [-0.39, 0.29) is 11.5 Å². The van der Waals surface area contributed by atoms with E-state index in [4.69, 9.17) is 9.47 Å². The Kier molecular flexibility index (Phi) is 4.97. The smallest absolute Gasteiger partial charge is 0.0933 e. The van der Waals surface area contributed by atoms with Crippen LogP contribution in [0.4, 0.5) is 0 Å². The predicted molar refractivity (Wildman–Crippen MR) is 77.4 cm³/mol. The van der Waals surface area contributed by atoms with Crippen molar-refractivity contribution in [1.82, 2.24) is 5.32 Å². The van der Waals surface area contributed by atoms with E-state index >= 15 is 0 Å². The van der Waals surface area contributed by atoms with Crippen molar-refractivity contribution >= 4 is 0 Å². The molecule has 1 N–H and O–H groups in total. The fraction of sp³-hybridized carbons (Fsp3) is 0.625. The molecule has 0 aromatic heterocycles. The van der Waals surface area contributed by atoms with Crippen LogP contribution in [0.15, 0.2) is 24.3 Å². The molecule has 1 aliphatic heterocycles. The maximum absolute atomic E-state index is 5.59. The molecule has 0 aliphatic carbocycles. The van der Waals surface area contributed by atoms with Gasteiger partial charge >= 0.3 is 0 Å². The lowest BCUT2D eigenvalue weighted by molar-refractivity contribution is -0.0864. The summed E-state index contributed by atoms with van der Waals surface area (Å²) in [4.78, 5) is 0. The first kappa shape index (κ1) is 14.5. The van der Waals surface area contributed by atoms with E-state index in [9.17, 15) is 0 Å². The van der Waals surface area contributed by atoms with E-state index in [1.807, 2.05) is 0 Å². The Morgan fingerprint density at radius 3 is 2.47 bits per heavy atom. The Morgan fingerprint density at radius 2 is 1.89 bits per heavy atom. The van der Waals surface area contributed by atoms with Crippen molar-refractivity contribution in [3.63, 3.8) is 0 Å². The quantitative estimate of drug-likeness (QED) is 0.905. The Bertz CT molecular complexity index is 375. The first-order valence-corrected chi connectivity index (χ1v) is 7.05. The van der Waals surface area contributed by atoms with Crippen LogP contribution < -0.4 is 5.32 Å². The molecule has 1 aliphatic rings. The van der Waals surface area contributed by atoms with Crippen molar-refractivity contribution in [3.8, 4) is 0 Å². The molecule has 1 aromatic rings. The van der Waals surface area contributed by atoms with Gasteiger partial charge in [-0.15, -0.1) is 0 Å². The number of hydrogen-bond donors (Lipinski definition) is 1. The highest BCUT2D eigenvalue weighted by Gasteiger charge is 2.14. The molecule has 1 fully saturated rings.